The predicted molar refractivity (Wildman–Crippen MR) is 139 cm³/mol. The van der Waals surface area contributed by atoms with Gasteiger partial charge in [0.05, 0.1) is 23.2 Å². The Labute approximate surface area is 220 Å². The van der Waals surface area contributed by atoms with Crippen LogP contribution in [0, 0.1) is 11.7 Å². The molecule has 0 bridgehead atoms. The van der Waals surface area contributed by atoms with Crippen molar-refractivity contribution in [2.45, 2.75) is 38.8 Å². The van der Waals surface area contributed by atoms with Crippen LogP contribution in [0.4, 0.5) is 10.1 Å². The first-order valence-corrected chi connectivity index (χ1v) is 13.1. The highest BCUT2D eigenvalue weighted by Crippen LogP contribution is 2.33. The van der Waals surface area contributed by atoms with Gasteiger partial charge in [0, 0.05) is 55.4 Å². The minimum atomic E-state index is -0.489. The number of hydrogen-bond donors (Lipinski definition) is 2. The van der Waals surface area contributed by atoms with Gasteiger partial charge in [-0.25, -0.2) is 4.39 Å². The molecular formula is C27H31ClFN5O3. The molecule has 3 heterocycles. The Morgan fingerprint density at radius 2 is 1.68 bits per heavy atom. The lowest BCUT2D eigenvalue weighted by atomic mass is 9.93. The van der Waals surface area contributed by atoms with Gasteiger partial charge in [-0.3, -0.25) is 30.1 Å². The normalized spacial score (nSPS) is 23.7. The highest BCUT2D eigenvalue weighted by molar-refractivity contribution is 6.31. The predicted octanol–water partition coefficient (Wildman–Crippen LogP) is 2.86. The van der Waals surface area contributed by atoms with Gasteiger partial charge in [-0.1, -0.05) is 23.7 Å². The van der Waals surface area contributed by atoms with Crippen molar-refractivity contribution in [2.24, 2.45) is 5.92 Å². The van der Waals surface area contributed by atoms with Crippen LogP contribution in [0.2, 0.25) is 5.02 Å². The number of anilines is 1. The number of imide groups is 1. The van der Waals surface area contributed by atoms with Gasteiger partial charge in [-0.15, -0.1) is 0 Å². The molecule has 10 heteroatoms. The lowest BCUT2D eigenvalue weighted by Gasteiger charge is -2.36. The first kappa shape index (κ1) is 25.6. The third kappa shape index (κ3) is 4.83. The fourth-order valence-corrected chi connectivity index (χ4v) is 5.86. The van der Waals surface area contributed by atoms with Gasteiger partial charge in [0.25, 0.3) is 11.8 Å². The van der Waals surface area contributed by atoms with E-state index in [-0.39, 0.29) is 46.8 Å². The molecule has 3 aliphatic heterocycles. The van der Waals surface area contributed by atoms with E-state index in [0.29, 0.717) is 55.5 Å². The fraction of sp³-hybridized carbons (Fsp3) is 0.444. The summed E-state index contributed by atoms with van der Waals surface area (Å²) in [5.41, 5.74) is 8.23. The second kappa shape index (κ2) is 10.4. The zero-order chi connectivity index (χ0) is 26.3. The van der Waals surface area contributed by atoms with Crippen LogP contribution in [0.5, 0.6) is 0 Å². The third-order valence-corrected chi connectivity index (χ3v) is 8.20. The molecule has 0 spiro atoms. The smallest absolute Gasteiger partial charge is 0.263 e. The molecule has 0 aromatic heterocycles. The average Bonchev–Trinajstić information content (AvgIpc) is 3.34. The third-order valence-electron chi connectivity index (χ3n) is 7.85. The standard InChI is InChI=1S/C27H31ClFN5O3/c1-16-18(17(2)31-30-16)9-10-34-26(36)19-5-3-8-23(25(19)27(34)37)32-11-13-33(14-12-32)24(35)15-20-21(28)6-4-7-22(20)29/h3-8,16-18,30-31H,9-15H2,1-2H3. The van der Waals surface area contributed by atoms with Crippen LogP contribution in [0.1, 0.15) is 46.5 Å². The summed E-state index contributed by atoms with van der Waals surface area (Å²) in [5.74, 6) is -0.883. The summed E-state index contributed by atoms with van der Waals surface area (Å²) in [6.07, 6.45) is 0.618. The summed E-state index contributed by atoms with van der Waals surface area (Å²) < 4.78 is 14.1. The fourth-order valence-electron chi connectivity index (χ4n) is 5.63. The van der Waals surface area contributed by atoms with Crippen molar-refractivity contribution in [3.05, 3.63) is 63.9 Å². The first-order valence-electron chi connectivity index (χ1n) is 12.7. The topological polar surface area (TPSA) is 85.0 Å². The number of carbonyl (C=O) groups excluding carboxylic acids is 3. The number of piperazine rings is 1. The summed E-state index contributed by atoms with van der Waals surface area (Å²) in [6.45, 7) is 6.42. The van der Waals surface area contributed by atoms with Crippen molar-refractivity contribution in [2.75, 3.05) is 37.6 Å². The highest BCUT2D eigenvalue weighted by Gasteiger charge is 2.40. The molecule has 0 radical (unpaired) electrons. The van der Waals surface area contributed by atoms with E-state index in [0.717, 1.165) is 6.42 Å². The highest BCUT2D eigenvalue weighted by atomic mass is 35.5. The van der Waals surface area contributed by atoms with Crippen molar-refractivity contribution in [3.8, 4) is 0 Å². The molecule has 2 unspecified atom stereocenters. The molecule has 0 aliphatic carbocycles. The Morgan fingerprint density at radius 1 is 1.00 bits per heavy atom. The van der Waals surface area contributed by atoms with Crippen LogP contribution in [-0.4, -0.2) is 72.3 Å². The minimum absolute atomic E-state index is 0.0997. The molecule has 2 atom stereocenters. The molecule has 196 valence electrons. The molecule has 8 nitrogen and oxygen atoms in total. The minimum Gasteiger partial charge on any atom is -0.367 e. The largest absolute Gasteiger partial charge is 0.367 e. The number of rotatable bonds is 6. The van der Waals surface area contributed by atoms with Gasteiger partial charge in [0.1, 0.15) is 5.82 Å². The molecule has 2 fully saturated rings. The number of hydrogen-bond acceptors (Lipinski definition) is 6. The molecule has 5 rings (SSSR count). The van der Waals surface area contributed by atoms with Crippen molar-refractivity contribution >= 4 is 35.0 Å². The number of fused-ring (bicyclic) bond motifs is 1. The molecule has 2 N–H and O–H groups in total. The summed E-state index contributed by atoms with van der Waals surface area (Å²) in [4.78, 5) is 44.5. The molecule has 3 aliphatic rings. The number of carbonyl (C=O) groups is 3. The first-order chi connectivity index (χ1) is 17.8. The second-order valence-electron chi connectivity index (χ2n) is 10.0. The van der Waals surface area contributed by atoms with E-state index in [1.54, 1.807) is 23.1 Å². The molecule has 0 saturated carbocycles. The van der Waals surface area contributed by atoms with Gasteiger partial charge in [-0.05, 0) is 50.5 Å². The molecule has 2 aromatic carbocycles. The zero-order valence-electron chi connectivity index (χ0n) is 21.0. The molecule has 2 saturated heterocycles. The van der Waals surface area contributed by atoms with Crippen molar-refractivity contribution < 1.29 is 18.8 Å². The zero-order valence-corrected chi connectivity index (χ0v) is 21.7. The molecule has 2 aromatic rings. The monoisotopic (exact) mass is 527 g/mol. The van der Waals surface area contributed by atoms with Crippen LogP contribution >= 0.6 is 11.6 Å². The van der Waals surface area contributed by atoms with Gasteiger partial charge >= 0.3 is 0 Å². The van der Waals surface area contributed by atoms with Gasteiger partial charge < -0.3 is 9.80 Å². The van der Waals surface area contributed by atoms with Gasteiger partial charge in [0.15, 0.2) is 0 Å². The Kier molecular flexibility index (Phi) is 7.20. The number of amides is 3. The van der Waals surface area contributed by atoms with Crippen LogP contribution in [-0.2, 0) is 11.2 Å². The number of benzene rings is 2. The van der Waals surface area contributed by atoms with Crippen LogP contribution in [0.25, 0.3) is 0 Å². The Morgan fingerprint density at radius 3 is 2.35 bits per heavy atom. The average molecular weight is 528 g/mol. The number of nitrogens with zero attached hydrogens (tertiary/aromatic N) is 3. The van der Waals surface area contributed by atoms with E-state index in [9.17, 15) is 18.8 Å². The second-order valence-corrected chi connectivity index (χ2v) is 10.4. The van der Waals surface area contributed by atoms with Crippen molar-refractivity contribution in [1.82, 2.24) is 20.7 Å². The maximum absolute atomic E-state index is 14.1. The Balaban J connectivity index is 1.25. The van der Waals surface area contributed by atoms with Crippen LogP contribution in [0.3, 0.4) is 0 Å². The summed E-state index contributed by atoms with van der Waals surface area (Å²) >= 11 is 6.09. The van der Waals surface area contributed by atoms with E-state index >= 15 is 0 Å². The van der Waals surface area contributed by atoms with Gasteiger partial charge in [0.2, 0.25) is 5.91 Å². The number of hydrazine groups is 1. The SMILES string of the molecule is CC1NNC(C)C1CCN1C(=O)c2cccc(N3CCN(C(=O)Cc4c(F)cccc4Cl)CC3)c2C1=O. The van der Waals surface area contributed by atoms with E-state index in [1.165, 1.54) is 17.0 Å². The van der Waals surface area contributed by atoms with E-state index < -0.39 is 5.82 Å². The van der Waals surface area contributed by atoms with Gasteiger partial charge in [-0.2, -0.15) is 0 Å². The lowest BCUT2D eigenvalue weighted by Crippen LogP contribution is -2.49. The quantitative estimate of drug-likeness (QED) is 0.562. The van der Waals surface area contributed by atoms with E-state index in [1.807, 2.05) is 11.0 Å². The summed E-state index contributed by atoms with van der Waals surface area (Å²) in [5, 5.41) is 0.240. The maximum Gasteiger partial charge on any atom is 0.263 e. The van der Waals surface area contributed by atoms with Crippen molar-refractivity contribution in [3.63, 3.8) is 0 Å². The number of nitrogens with one attached hydrogen (secondary N) is 2. The van der Waals surface area contributed by atoms with Crippen LogP contribution < -0.4 is 15.8 Å². The Bertz CT molecular complexity index is 1200. The summed E-state index contributed by atoms with van der Waals surface area (Å²) in [6, 6.07) is 10.3. The molecule has 3 amide bonds. The van der Waals surface area contributed by atoms with E-state index in [2.05, 4.69) is 24.7 Å². The van der Waals surface area contributed by atoms with Crippen LogP contribution in [0.15, 0.2) is 36.4 Å². The molecule has 37 heavy (non-hydrogen) atoms. The summed E-state index contributed by atoms with van der Waals surface area (Å²) in [7, 11) is 0. The maximum atomic E-state index is 14.1. The Hall–Kier alpha value is -3.01. The van der Waals surface area contributed by atoms with E-state index in [4.69, 9.17) is 11.6 Å². The lowest BCUT2D eigenvalue weighted by molar-refractivity contribution is -0.130. The van der Waals surface area contributed by atoms with Crippen molar-refractivity contribution in [1.29, 1.82) is 0 Å². The molecular weight excluding hydrogens is 497 g/mol. The number of halogens is 2.